The summed E-state index contributed by atoms with van der Waals surface area (Å²) in [6, 6.07) is 20.0. The molecular weight excluding hydrogens is 364 g/mol. The van der Waals surface area contributed by atoms with Gasteiger partial charge in [-0.05, 0) is 12.0 Å². The van der Waals surface area contributed by atoms with Crippen molar-refractivity contribution < 1.29 is 9.53 Å². The van der Waals surface area contributed by atoms with Gasteiger partial charge in [-0.15, -0.1) is 0 Å². The SMILES string of the molecule is COC[C@@H]1CN(C(=O)CCc2ccccc2)C[C@H]1c1nc(-c2ccccc2)n[nH]1. The molecule has 1 aliphatic rings. The van der Waals surface area contributed by atoms with Crippen LogP contribution in [-0.4, -0.2) is 52.8 Å². The maximum absolute atomic E-state index is 12.8. The van der Waals surface area contributed by atoms with Crippen LogP contribution in [0.3, 0.4) is 0 Å². The van der Waals surface area contributed by atoms with Crippen molar-refractivity contribution in [3.05, 3.63) is 72.1 Å². The van der Waals surface area contributed by atoms with E-state index in [0.717, 1.165) is 17.8 Å². The molecule has 1 aromatic heterocycles. The van der Waals surface area contributed by atoms with Crippen LogP contribution in [0.5, 0.6) is 0 Å². The molecular formula is C23H26N4O2. The number of benzene rings is 2. The second kappa shape index (κ2) is 9.01. The quantitative estimate of drug-likeness (QED) is 0.672. The summed E-state index contributed by atoms with van der Waals surface area (Å²) < 4.78 is 5.43. The zero-order valence-electron chi connectivity index (χ0n) is 16.6. The minimum absolute atomic E-state index is 0.0978. The first kappa shape index (κ1) is 19.3. The zero-order chi connectivity index (χ0) is 20.1. The number of nitrogens with one attached hydrogen (secondary N) is 1. The average molecular weight is 390 g/mol. The molecule has 1 aliphatic heterocycles. The van der Waals surface area contributed by atoms with Gasteiger partial charge in [0.05, 0.1) is 6.61 Å². The third-order valence-corrected chi connectivity index (χ3v) is 5.53. The number of hydrogen-bond acceptors (Lipinski definition) is 4. The topological polar surface area (TPSA) is 71.1 Å². The minimum Gasteiger partial charge on any atom is -0.384 e. The monoisotopic (exact) mass is 390 g/mol. The number of methoxy groups -OCH3 is 1. The van der Waals surface area contributed by atoms with Gasteiger partial charge in [0.2, 0.25) is 5.91 Å². The van der Waals surface area contributed by atoms with Gasteiger partial charge in [-0.3, -0.25) is 9.89 Å². The van der Waals surface area contributed by atoms with Crippen LogP contribution in [0.15, 0.2) is 60.7 Å². The van der Waals surface area contributed by atoms with E-state index < -0.39 is 0 Å². The Hall–Kier alpha value is -2.99. The molecule has 4 rings (SSSR count). The highest BCUT2D eigenvalue weighted by atomic mass is 16.5. The van der Waals surface area contributed by atoms with Crippen LogP contribution < -0.4 is 0 Å². The van der Waals surface area contributed by atoms with Gasteiger partial charge in [-0.25, -0.2) is 4.98 Å². The van der Waals surface area contributed by atoms with Crippen LogP contribution in [0.1, 0.15) is 23.7 Å². The molecule has 2 aromatic carbocycles. The Balaban J connectivity index is 1.44. The van der Waals surface area contributed by atoms with Crippen LogP contribution in [-0.2, 0) is 16.0 Å². The van der Waals surface area contributed by atoms with Crippen molar-refractivity contribution >= 4 is 5.91 Å². The summed E-state index contributed by atoms with van der Waals surface area (Å²) in [7, 11) is 1.70. The van der Waals surface area contributed by atoms with E-state index in [4.69, 9.17) is 9.72 Å². The summed E-state index contributed by atoms with van der Waals surface area (Å²) in [6.45, 7) is 1.92. The molecule has 1 N–H and O–H groups in total. The second-order valence-corrected chi connectivity index (χ2v) is 7.52. The van der Waals surface area contributed by atoms with Crippen LogP contribution in [0.2, 0.25) is 0 Å². The van der Waals surface area contributed by atoms with Crippen LogP contribution in [0.25, 0.3) is 11.4 Å². The molecule has 1 fully saturated rings. The lowest BCUT2D eigenvalue weighted by Crippen LogP contribution is -2.29. The number of carbonyl (C=O) groups is 1. The first-order chi connectivity index (χ1) is 14.2. The summed E-state index contributed by atoms with van der Waals surface area (Å²) in [5.74, 6) is 1.99. The van der Waals surface area contributed by atoms with E-state index in [-0.39, 0.29) is 17.7 Å². The van der Waals surface area contributed by atoms with Gasteiger partial charge in [-0.1, -0.05) is 60.7 Å². The van der Waals surface area contributed by atoms with Crippen molar-refractivity contribution in [2.45, 2.75) is 18.8 Å². The fourth-order valence-electron chi connectivity index (χ4n) is 3.98. The van der Waals surface area contributed by atoms with Crippen molar-refractivity contribution in [1.29, 1.82) is 0 Å². The summed E-state index contributed by atoms with van der Waals surface area (Å²) in [5, 5.41) is 7.49. The van der Waals surface area contributed by atoms with Crippen molar-refractivity contribution in [3.8, 4) is 11.4 Å². The Morgan fingerprint density at radius 1 is 1.10 bits per heavy atom. The van der Waals surface area contributed by atoms with E-state index >= 15 is 0 Å². The van der Waals surface area contributed by atoms with Crippen molar-refractivity contribution in [1.82, 2.24) is 20.1 Å². The van der Waals surface area contributed by atoms with E-state index in [2.05, 4.69) is 22.3 Å². The van der Waals surface area contributed by atoms with E-state index in [1.165, 1.54) is 5.56 Å². The van der Waals surface area contributed by atoms with Gasteiger partial charge in [0.1, 0.15) is 5.82 Å². The molecule has 0 saturated carbocycles. The Bertz CT molecular complexity index is 926. The molecule has 2 heterocycles. The standard InChI is InChI=1S/C23H26N4O2/c1-29-16-19-14-27(21(28)13-12-17-8-4-2-5-9-17)15-20(19)23-24-22(25-26-23)18-10-6-3-7-11-18/h2-11,19-20H,12-16H2,1H3,(H,24,25,26)/t19-,20+/m0/s1. The van der Waals surface area contributed by atoms with Gasteiger partial charge >= 0.3 is 0 Å². The number of H-pyrrole nitrogens is 1. The molecule has 1 amide bonds. The zero-order valence-corrected chi connectivity index (χ0v) is 16.6. The summed E-state index contributed by atoms with van der Waals surface area (Å²) in [5.41, 5.74) is 2.17. The Morgan fingerprint density at radius 2 is 1.83 bits per heavy atom. The molecule has 2 atom stereocenters. The third kappa shape index (κ3) is 4.54. The van der Waals surface area contributed by atoms with Crippen LogP contribution in [0, 0.1) is 5.92 Å². The number of aromatic amines is 1. The lowest BCUT2D eigenvalue weighted by atomic mass is 9.96. The molecule has 6 nitrogen and oxygen atoms in total. The van der Waals surface area contributed by atoms with Crippen LogP contribution >= 0.6 is 0 Å². The summed E-state index contributed by atoms with van der Waals surface area (Å²) in [6.07, 6.45) is 1.28. The first-order valence-electron chi connectivity index (χ1n) is 10.0. The van der Waals surface area contributed by atoms with Gasteiger partial charge in [0, 0.05) is 44.0 Å². The van der Waals surface area contributed by atoms with Gasteiger partial charge in [-0.2, -0.15) is 5.10 Å². The lowest BCUT2D eigenvalue weighted by molar-refractivity contribution is -0.130. The molecule has 0 bridgehead atoms. The molecule has 1 saturated heterocycles. The second-order valence-electron chi connectivity index (χ2n) is 7.52. The van der Waals surface area contributed by atoms with Crippen molar-refractivity contribution in [2.75, 3.05) is 26.8 Å². The van der Waals surface area contributed by atoms with Gasteiger partial charge in [0.15, 0.2) is 5.82 Å². The Morgan fingerprint density at radius 3 is 2.55 bits per heavy atom. The third-order valence-electron chi connectivity index (χ3n) is 5.53. The smallest absolute Gasteiger partial charge is 0.222 e. The summed E-state index contributed by atoms with van der Waals surface area (Å²) >= 11 is 0. The van der Waals surface area contributed by atoms with Crippen molar-refractivity contribution in [2.24, 2.45) is 5.92 Å². The van der Waals surface area contributed by atoms with E-state index in [1.54, 1.807) is 7.11 Å². The number of aryl methyl sites for hydroxylation is 1. The normalized spacial score (nSPS) is 18.9. The number of likely N-dealkylation sites (tertiary alicyclic amines) is 1. The van der Waals surface area contributed by atoms with E-state index in [9.17, 15) is 4.79 Å². The first-order valence-corrected chi connectivity index (χ1v) is 10.0. The van der Waals surface area contributed by atoms with E-state index in [0.29, 0.717) is 31.9 Å². The van der Waals surface area contributed by atoms with Gasteiger partial charge in [0.25, 0.3) is 0 Å². The molecule has 0 radical (unpaired) electrons. The minimum atomic E-state index is 0.0978. The predicted octanol–water partition coefficient (Wildman–Crippen LogP) is 3.29. The number of amides is 1. The van der Waals surface area contributed by atoms with Crippen molar-refractivity contribution in [3.63, 3.8) is 0 Å². The van der Waals surface area contributed by atoms with Crippen LogP contribution in [0.4, 0.5) is 0 Å². The number of hydrogen-bond donors (Lipinski definition) is 1. The number of rotatable bonds is 7. The molecule has 0 spiro atoms. The summed E-state index contributed by atoms with van der Waals surface area (Å²) in [4.78, 5) is 19.5. The maximum atomic E-state index is 12.8. The molecule has 0 aliphatic carbocycles. The number of nitrogens with zero attached hydrogens (tertiary/aromatic N) is 3. The predicted molar refractivity (Wildman–Crippen MR) is 111 cm³/mol. The molecule has 0 unspecified atom stereocenters. The highest BCUT2D eigenvalue weighted by Gasteiger charge is 2.37. The molecule has 150 valence electrons. The highest BCUT2D eigenvalue weighted by molar-refractivity contribution is 5.77. The fourth-order valence-corrected chi connectivity index (χ4v) is 3.98. The molecule has 6 heteroatoms. The maximum Gasteiger partial charge on any atom is 0.222 e. The fraction of sp³-hybridized carbons (Fsp3) is 0.348. The lowest BCUT2D eigenvalue weighted by Gasteiger charge is -2.16. The Kier molecular flexibility index (Phi) is 6.00. The number of aromatic nitrogens is 3. The average Bonchev–Trinajstić information content (AvgIpc) is 3.41. The Labute approximate surface area is 170 Å². The highest BCUT2D eigenvalue weighted by Crippen LogP contribution is 2.32. The number of ether oxygens (including phenoxy) is 1. The number of carbonyl (C=O) groups excluding carboxylic acids is 1. The van der Waals surface area contributed by atoms with E-state index in [1.807, 2.05) is 53.4 Å². The molecule has 29 heavy (non-hydrogen) atoms. The molecule has 3 aromatic rings. The largest absolute Gasteiger partial charge is 0.384 e. The van der Waals surface area contributed by atoms with Gasteiger partial charge < -0.3 is 9.64 Å².